The second kappa shape index (κ2) is 6.10. The number of primary sulfonamides is 1. The summed E-state index contributed by atoms with van der Waals surface area (Å²) in [6, 6.07) is 2.01. The molecule has 8 heteroatoms. The molecule has 136 valence electrons. The molecule has 3 rings (SSSR count). The highest BCUT2D eigenvalue weighted by molar-refractivity contribution is 7.89. The van der Waals surface area contributed by atoms with Crippen LogP contribution in [-0.2, 0) is 14.8 Å². The smallest absolute Gasteiger partial charge is 0.326 e. The number of likely N-dealkylation sites (tertiary alicyclic amines) is 1. The number of fused-ring (bicyclic) bond motifs is 1. The predicted molar refractivity (Wildman–Crippen MR) is 90.6 cm³/mol. The van der Waals surface area contributed by atoms with Gasteiger partial charge in [0.15, 0.2) is 0 Å². The second-order valence-corrected chi connectivity index (χ2v) is 8.59. The van der Waals surface area contributed by atoms with Gasteiger partial charge in [-0.05, 0) is 61.8 Å². The van der Waals surface area contributed by atoms with Crippen LogP contribution in [0, 0.1) is 25.7 Å². The van der Waals surface area contributed by atoms with E-state index < -0.39 is 27.9 Å². The molecule has 1 saturated carbocycles. The largest absolute Gasteiger partial charge is 0.480 e. The first kappa shape index (κ1) is 17.9. The first-order valence-electron chi connectivity index (χ1n) is 8.29. The Balaban J connectivity index is 2.01. The molecule has 3 atom stereocenters. The highest BCUT2D eigenvalue weighted by Gasteiger charge is 2.49. The minimum absolute atomic E-state index is 0.0225. The molecule has 1 saturated heterocycles. The van der Waals surface area contributed by atoms with Crippen LogP contribution < -0.4 is 5.14 Å². The summed E-state index contributed by atoms with van der Waals surface area (Å²) < 4.78 is 23.6. The lowest BCUT2D eigenvalue weighted by Gasteiger charge is -2.25. The van der Waals surface area contributed by atoms with Gasteiger partial charge in [-0.3, -0.25) is 4.79 Å². The van der Waals surface area contributed by atoms with E-state index in [1.54, 1.807) is 19.9 Å². The van der Waals surface area contributed by atoms with E-state index in [0.717, 1.165) is 19.3 Å². The van der Waals surface area contributed by atoms with E-state index >= 15 is 0 Å². The molecule has 7 nitrogen and oxygen atoms in total. The van der Waals surface area contributed by atoms with E-state index in [1.807, 2.05) is 0 Å². The number of carbonyl (C=O) groups is 2. The average Bonchev–Trinajstić information content (AvgIpc) is 3.07. The number of aryl methyl sites for hydroxylation is 1. The highest BCUT2D eigenvalue weighted by atomic mass is 32.2. The van der Waals surface area contributed by atoms with E-state index in [1.165, 1.54) is 11.0 Å². The van der Waals surface area contributed by atoms with Crippen LogP contribution in [0.25, 0.3) is 0 Å². The third-order valence-electron chi connectivity index (χ3n) is 5.58. The van der Waals surface area contributed by atoms with Gasteiger partial charge >= 0.3 is 5.97 Å². The van der Waals surface area contributed by atoms with E-state index in [0.29, 0.717) is 17.7 Å². The van der Waals surface area contributed by atoms with Crippen molar-refractivity contribution >= 4 is 21.9 Å². The maximum Gasteiger partial charge on any atom is 0.326 e. The molecule has 1 amide bonds. The number of amides is 1. The summed E-state index contributed by atoms with van der Waals surface area (Å²) >= 11 is 0. The van der Waals surface area contributed by atoms with Gasteiger partial charge in [-0.25, -0.2) is 18.4 Å². The number of hydrogen-bond acceptors (Lipinski definition) is 4. The molecule has 0 radical (unpaired) electrons. The summed E-state index contributed by atoms with van der Waals surface area (Å²) in [6.07, 6.45) is 2.72. The Morgan fingerprint density at radius 3 is 2.52 bits per heavy atom. The molecular weight excluding hydrogens is 344 g/mol. The monoisotopic (exact) mass is 366 g/mol. The number of benzene rings is 1. The highest BCUT2D eigenvalue weighted by Crippen LogP contribution is 2.42. The second-order valence-electron chi connectivity index (χ2n) is 7.06. The molecule has 1 aromatic carbocycles. The molecule has 3 N–H and O–H groups in total. The van der Waals surface area contributed by atoms with Crippen LogP contribution >= 0.6 is 0 Å². The Kier molecular flexibility index (Phi) is 4.36. The first-order valence-corrected chi connectivity index (χ1v) is 9.83. The van der Waals surface area contributed by atoms with Crippen molar-refractivity contribution in [1.82, 2.24) is 4.90 Å². The third-order valence-corrected chi connectivity index (χ3v) is 6.61. The first-order chi connectivity index (χ1) is 11.6. The fourth-order valence-electron chi connectivity index (χ4n) is 4.24. The Morgan fingerprint density at radius 2 is 1.92 bits per heavy atom. The molecule has 1 heterocycles. The summed E-state index contributed by atoms with van der Waals surface area (Å²) in [5.41, 5.74) is 1.28. The maximum atomic E-state index is 13.0. The normalized spacial score (nSPS) is 25.9. The van der Waals surface area contributed by atoms with E-state index in [-0.39, 0.29) is 22.3 Å². The van der Waals surface area contributed by atoms with Crippen molar-refractivity contribution in [3.8, 4) is 0 Å². The fourth-order valence-corrected chi connectivity index (χ4v) is 5.12. The van der Waals surface area contributed by atoms with Gasteiger partial charge in [0.2, 0.25) is 10.0 Å². The quantitative estimate of drug-likeness (QED) is 0.835. The predicted octanol–water partition coefficient (Wildman–Crippen LogP) is 1.28. The maximum absolute atomic E-state index is 13.0. The number of aliphatic carboxylic acids is 1. The summed E-state index contributed by atoms with van der Waals surface area (Å²) in [5, 5.41) is 14.9. The number of rotatable bonds is 3. The van der Waals surface area contributed by atoms with Gasteiger partial charge in [0.1, 0.15) is 6.04 Å². The van der Waals surface area contributed by atoms with Gasteiger partial charge in [0.25, 0.3) is 5.91 Å². The van der Waals surface area contributed by atoms with Crippen LogP contribution in [0.4, 0.5) is 0 Å². The molecule has 0 bridgehead atoms. The van der Waals surface area contributed by atoms with Gasteiger partial charge in [-0.2, -0.15) is 0 Å². The zero-order valence-corrected chi connectivity index (χ0v) is 15.0. The molecule has 25 heavy (non-hydrogen) atoms. The topological polar surface area (TPSA) is 118 Å². The van der Waals surface area contributed by atoms with Gasteiger partial charge in [0.05, 0.1) is 4.90 Å². The third kappa shape index (κ3) is 3.04. The van der Waals surface area contributed by atoms with Gasteiger partial charge in [-0.15, -0.1) is 0 Å². The molecule has 1 aliphatic carbocycles. The summed E-state index contributed by atoms with van der Waals surface area (Å²) in [4.78, 5) is 26.0. The number of nitrogens with two attached hydrogens (primary N) is 1. The van der Waals surface area contributed by atoms with Crippen LogP contribution in [0.1, 0.15) is 40.7 Å². The van der Waals surface area contributed by atoms with E-state index in [2.05, 4.69) is 0 Å². The van der Waals surface area contributed by atoms with Crippen LogP contribution in [0.15, 0.2) is 17.0 Å². The van der Waals surface area contributed by atoms with Crippen molar-refractivity contribution in [2.24, 2.45) is 17.0 Å². The van der Waals surface area contributed by atoms with Gasteiger partial charge in [-0.1, -0.05) is 6.42 Å². The molecule has 1 aliphatic heterocycles. The van der Waals surface area contributed by atoms with Crippen LogP contribution in [-0.4, -0.2) is 42.9 Å². The molecule has 0 spiro atoms. The number of hydrogen-bond donors (Lipinski definition) is 2. The summed E-state index contributed by atoms with van der Waals surface area (Å²) in [5.74, 6) is -1.27. The van der Waals surface area contributed by atoms with Crippen LogP contribution in [0.5, 0.6) is 0 Å². The lowest BCUT2D eigenvalue weighted by Crippen LogP contribution is -2.43. The minimum Gasteiger partial charge on any atom is -0.480 e. The molecular formula is C17H22N2O5S. The lowest BCUT2D eigenvalue weighted by molar-refractivity contribution is -0.142. The van der Waals surface area contributed by atoms with Gasteiger partial charge < -0.3 is 10.0 Å². The number of carbonyl (C=O) groups excluding carboxylic acids is 1. The summed E-state index contributed by atoms with van der Waals surface area (Å²) in [6.45, 7) is 3.73. The fraction of sp³-hybridized carbons (Fsp3) is 0.529. The SMILES string of the molecule is Cc1cc(C(=O)N2CC3CCCC3C2C(=O)O)cc(S(N)(=O)=O)c1C. The zero-order valence-electron chi connectivity index (χ0n) is 14.2. The van der Waals surface area contributed by atoms with Crippen LogP contribution in [0.2, 0.25) is 0 Å². The van der Waals surface area contributed by atoms with E-state index in [4.69, 9.17) is 5.14 Å². The number of carboxylic acid groups (broad SMARTS) is 1. The minimum atomic E-state index is -3.97. The van der Waals surface area contributed by atoms with Crippen molar-refractivity contribution in [3.05, 3.63) is 28.8 Å². The number of sulfonamides is 1. The van der Waals surface area contributed by atoms with Crippen molar-refractivity contribution in [2.75, 3.05) is 6.54 Å². The van der Waals surface area contributed by atoms with E-state index in [9.17, 15) is 23.1 Å². The molecule has 2 aliphatic rings. The average molecular weight is 366 g/mol. The lowest BCUT2D eigenvalue weighted by atomic mass is 9.94. The van der Waals surface area contributed by atoms with Crippen molar-refractivity contribution in [1.29, 1.82) is 0 Å². The van der Waals surface area contributed by atoms with Crippen molar-refractivity contribution in [3.63, 3.8) is 0 Å². The number of carboxylic acids is 1. The Morgan fingerprint density at radius 1 is 1.24 bits per heavy atom. The molecule has 1 aromatic rings. The summed E-state index contributed by atoms with van der Waals surface area (Å²) in [7, 11) is -3.97. The Hall–Kier alpha value is -1.93. The van der Waals surface area contributed by atoms with Gasteiger partial charge in [0, 0.05) is 12.1 Å². The standard InChI is InChI=1S/C17H22N2O5S/c1-9-6-12(7-14(10(9)2)25(18,23)24)16(20)19-8-11-4-3-5-13(11)15(19)17(21)22/h6-7,11,13,15H,3-5,8H2,1-2H3,(H,21,22)(H2,18,23,24). The number of nitrogens with zero attached hydrogens (tertiary/aromatic N) is 1. The Labute approximate surface area is 146 Å². The van der Waals surface area contributed by atoms with Crippen molar-refractivity contribution < 1.29 is 23.1 Å². The zero-order chi connectivity index (χ0) is 18.5. The molecule has 3 unspecified atom stereocenters. The Bertz CT molecular complexity index is 849. The molecule has 0 aromatic heterocycles. The molecule has 2 fully saturated rings. The van der Waals surface area contributed by atoms with Crippen molar-refractivity contribution in [2.45, 2.75) is 44.0 Å². The van der Waals surface area contributed by atoms with Crippen LogP contribution in [0.3, 0.4) is 0 Å².